The van der Waals surface area contributed by atoms with Crippen molar-refractivity contribution in [3.05, 3.63) is 52.3 Å². The van der Waals surface area contributed by atoms with Crippen LogP contribution in [0.25, 0.3) is 0 Å². The summed E-state index contributed by atoms with van der Waals surface area (Å²) >= 11 is 3.28. The first-order chi connectivity index (χ1) is 8.06. The van der Waals surface area contributed by atoms with Gasteiger partial charge in [-0.3, -0.25) is 0 Å². The van der Waals surface area contributed by atoms with Crippen LogP contribution in [0, 0.1) is 5.82 Å². The van der Waals surface area contributed by atoms with Gasteiger partial charge in [-0.05, 0) is 23.8 Å². The second-order valence-electron chi connectivity index (χ2n) is 3.92. The number of halogens is 2. The van der Waals surface area contributed by atoms with Gasteiger partial charge >= 0.3 is 0 Å². The van der Waals surface area contributed by atoms with Gasteiger partial charge in [0, 0.05) is 24.1 Å². The summed E-state index contributed by atoms with van der Waals surface area (Å²) < 4.78 is 16.0. The fourth-order valence-electron chi connectivity index (χ4n) is 1.62. The molecule has 0 radical (unpaired) electrons. The smallest absolute Gasteiger partial charge is 0.126 e. The summed E-state index contributed by atoms with van der Waals surface area (Å²) in [7, 11) is 1.82. The molecule has 0 saturated carbocycles. The predicted octanol–water partition coefficient (Wildman–Crippen LogP) is 2.60. The molecule has 1 aromatic carbocycles. The second-order valence-corrected chi connectivity index (χ2v) is 4.84. The van der Waals surface area contributed by atoms with Crippen molar-refractivity contribution in [2.24, 2.45) is 7.05 Å². The Balaban J connectivity index is 2.18. The van der Waals surface area contributed by atoms with Gasteiger partial charge in [0.1, 0.15) is 11.9 Å². The third kappa shape index (κ3) is 2.92. The van der Waals surface area contributed by atoms with Crippen molar-refractivity contribution in [3.8, 4) is 0 Å². The van der Waals surface area contributed by atoms with E-state index in [1.54, 1.807) is 29.2 Å². The minimum Gasteiger partial charge on any atom is -0.386 e. The normalized spacial score (nSPS) is 12.7. The number of aliphatic hydroxyl groups is 1. The lowest BCUT2D eigenvalue weighted by Crippen LogP contribution is -2.04. The number of hydrogen-bond donors (Lipinski definition) is 1. The van der Waals surface area contributed by atoms with E-state index < -0.39 is 6.10 Å². The Morgan fingerprint density at radius 3 is 2.94 bits per heavy atom. The Labute approximate surface area is 107 Å². The lowest BCUT2D eigenvalue weighted by Gasteiger charge is -2.09. The molecule has 0 aliphatic heterocycles. The average molecular weight is 299 g/mol. The molecule has 3 nitrogen and oxygen atoms in total. The highest BCUT2D eigenvalue weighted by Crippen LogP contribution is 2.21. The first-order valence-electron chi connectivity index (χ1n) is 5.16. The number of rotatable bonds is 3. The molecule has 1 heterocycles. The van der Waals surface area contributed by atoms with Crippen LogP contribution in [-0.4, -0.2) is 14.7 Å². The van der Waals surface area contributed by atoms with E-state index in [4.69, 9.17) is 0 Å². The zero-order chi connectivity index (χ0) is 12.4. The second kappa shape index (κ2) is 4.98. The van der Waals surface area contributed by atoms with Crippen LogP contribution in [0.2, 0.25) is 0 Å². The maximum atomic E-state index is 13.5. The molecule has 1 atom stereocenters. The molecule has 0 fully saturated rings. The van der Waals surface area contributed by atoms with Gasteiger partial charge in [-0.25, -0.2) is 9.37 Å². The Kier molecular flexibility index (Phi) is 3.59. The van der Waals surface area contributed by atoms with E-state index in [-0.39, 0.29) is 12.2 Å². The zero-order valence-corrected chi connectivity index (χ0v) is 10.9. The predicted molar refractivity (Wildman–Crippen MR) is 66.0 cm³/mol. The Bertz CT molecular complexity index is 527. The number of hydrogen-bond acceptors (Lipinski definition) is 2. The highest BCUT2D eigenvalue weighted by Gasteiger charge is 2.14. The number of aromatic nitrogens is 2. The summed E-state index contributed by atoms with van der Waals surface area (Å²) in [5, 5.41) is 9.94. The maximum absolute atomic E-state index is 13.5. The molecule has 17 heavy (non-hydrogen) atoms. The van der Waals surface area contributed by atoms with Crippen LogP contribution in [0.5, 0.6) is 0 Å². The third-order valence-corrected chi connectivity index (χ3v) is 2.98. The quantitative estimate of drug-likeness (QED) is 0.946. The number of benzene rings is 1. The van der Waals surface area contributed by atoms with E-state index >= 15 is 0 Å². The summed E-state index contributed by atoms with van der Waals surface area (Å²) in [6.45, 7) is 0. The molecular formula is C12H12BrFN2O. The monoisotopic (exact) mass is 298 g/mol. The molecule has 2 rings (SSSR count). The van der Waals surface area contributed by atoms with Crippen LogP contribution in [0.4, 0.5) is 4.39 Å². The molecule has 1 unspecified atom stereocenters. The van der Waals surface area contributed by atoms with Gasteiger partial charge < -0.3 is 9.67 Å². The van der Waals surface area contributed by atoms with Crippen LogP contribution in [0.15, 0.2) is 35.2 Å². The molecular weight excluding hydrogens is 287 g/mol. The van der Waals surface area contributed by atoms with E-state index in [1.807, 2.05) is 7.05 Å². The van der Waals surface area contributed by atoms with Crippen molar-refractivity contribution >= 4 is 15.9 Å². The molecule has 0 saturated heterocycles. The molecule has 0 aliphatic rings. The summed E-state index contributed by atoms with van der Waals surface area (Å²) in [6, 6.07) is 4.68. The van der Waals surface area contributed by atoms with Crippen LogP contribution in [-0.2, 0) is 13.5 Å². The van der Waals surface area contributed by atoms with Crippen LogP contribution in [0.1, 0.15) is 17.4 Å². The molecule has 5 heteroatoms. The first-order valence-corrected chi connectivity index (χ1v) is 5.95. The largest absolute Gasteiger partial charge is 0.386 e. The highest BCUT2D eigenvalue weighted by molar-refractivity contribution is 9.10. The van der Waals surface area contributed by atoms with E-state index in [0.29, 0.717) is 11.3 Å². The summed E-state index contributed by atoms with van der Waals surface area (Å²) in [4.78, 5) is 4.04. The number of nitrogens with zero attached hydrogens (tertiary/aromatic N) is 2. The van der Waals surface area contributed by atoms with Crippen molar-refractivity contribution in [2.45, 2.75) is 12.5 Å². The van der Waals surface area contributed by atoms with Crippen molar-refractivity contribution < 1.29 is 9.50 Å². The molecule has 90 valence electrons. The van der Waals surface area contributed by atoms with Crippen molar-refractivity contribution in [2.75, 3.05) is 0 Å². The van der Waals surface area contributed by atoms with E-state index in [0.717, 1.165) is 4.47 Å². The third-order valence-electron chi connectivity index (χ3n) is 2.49. The fraction of sp³-hybridized carbons (Fsp3) is 0.250. The SMILES string of the molecule is Cn1cnc(C(O)Cc2cc(Br)ccc2F)c1. The summed E-state index contributed by atoms with van der Waals surface area (Å²) in [5.74, 6) is -0.316. The van der Waals surface area contributed by atoms with Gasteiger partial charge in [0.2, 0.25) is 0 Å². The number of imidazole rings is 1. The van der Waals surface area contributed by atoms with E-state index in [2.05, 4.69) is 20.9 Å². The lowest BCUT2D eigenvalue weighted by molar-refractivity contribution is 0.172. The zero-order valence-electron chi connectivity index (χ0n) is 9.27. The van der Waals surface area contributed by atoms with Gasteiger partial charge in [0.15, 0.2) is 0 Å². The summed E-state index contributed by atoms with van der Waals surface area (Å²) in [5.41, 5.74) is 1.02. The minimum atomic E-state index is -0.792. The topological polar surface area (TPSA) is 38.0 Å². The Morgan fingerprint density at radius 2 is 2.29 bits per heavy atom. The fourth-order valence-corrected chi connectivity index (χ4v) is 2.03. The van der Waals surface area contributed by atoms with Gasteiger partial charge in [0.05, 0.1) is 12.0 Å². The van der Waals surface area contributed by atoms with Crippen LogP contribution in [0.3, 0.4) is 0 Å². The summed E-state index contributed by atoms with van der Waals surface area (Å²) in [6.07, 6.45) is 2.75. The standard InChI is InChI=1S/C12H12BrFN2O/c1-16-6-11(15-7-16)12(17)5-8-4-9(13)2-3-10(8)14/h2-4,6-7,12,17H,5H2,1H3. The van der Waals surface area contributed by atoms with Crippen molar-refractivity contribution in [1.82, 2.24) is 9.55 Å². The molecule has 2 aromatic rings. The molecule has 1 aromatic heterocycles. The van der Waals surface area contributed by atoms with Crippen LogP contribution < -0.4 is 0 Å². The molecule has 0 spiro atoms. The highest BCUT2D eigenvalue weighted by atomic mass is 79.9. The lowest BCUT2D eigenvalue weighted by atomic mass is 10.1. The van der Waals surface area contributed by atoms with E-state index in [1.165, 1.54) is 6.07 Å². The van der Waals surface area contributed by atoms with Gasteiger partial charge in [-0.2, -0.15) is 0 Å². The first kappa shape index (κ1) is 12.3. The average Bonchev–Trinajstić information content (AvgIpc) is 2.70. The molecule has 0 aliphatic carbocycles. The van der Waals surface area contributed by atoms with Crippen molar-refractivity contribution in [1.29, 1.82) is 0 Å². The molecule has 0 bridgehead atoms. The van der Waals surface area contributed by atoms with E-state index in [9.17, 15) is 9.50 Å². The Morgan fingerprint density at radius 1 is 1.53 bits per heavy atom. The minimum absolute atomic E-state index is 0.211. The van der Waals surface area contributed by atoms with Gasteiger partial charge in [0.25, 0.3) is 0 Å². The number of aryl methyl sites for hydroxylation is 1. The number of aliphatic hydroxyl groups excluding tert-OH is 1. The molecule has 1 N–H and O–H groups in total. The molecule has 0 amide bonds. The maximum Gasteiger partial charge on any atom is 0.126 e. The van der Waals surface area contributed by atoms with Gasteiger partial charge in [-0.1, -0.05) is 15.9 Å². The van der Waals surface area contributed by atoms with Crippen LogP contribution >= 0.6 is 15.9 Å². The van der Waals surface area contributed by atoms with Crippen molar-refractivity contribution in [3.63, 3.8) is 0 Å². The van der Waals surface area contributed by atoms with Gasteiger partial charge in [-0.15, -0.1) is 0 Å². The Hall–Kier alpha value is -1.20.